The number of hydrogen-bond acceptors (Lipinski definition) is 4. The highest BCUT2D eigenvalue weighted by atomic mass is 16.5. The van der Waals surface area contributed by atoms with Crippen LogP contribution in [0.5, 0.6) is 0 Å². The van der Waals surface area contributed by atoms with Crippen molar-refractivity contribution in [1.82, 2.24) is 5.32 Å². The lowest BCUT2D eigenvalue weighted by Crippen LogP contribution is -2.35. The standard InChI is InChI=1S/C14H19NO3/c1-17-14(16)13(11-5-3-2-4-6-11)9-15-12-7-8-18-10-12/h2-6,12-13,15H,7-10H2,1H3. The highest BCUT2D eigenvalue weighted by Gasteiger charge is 2.23. The number of carbonyl (C=O) groups is 1. The molecule has 2 unspecified atom stereocenters. The second-order valence-electron chi connectivity index (χ2n) is 4.46. The van der Waals surface area contributed by atoms with E-state index < -0.39 is 0 Å². The van der Waals surface area contributed by atoms with Crippen molar-refractivity contribution in [3.8, 4) is 0 Å². The highest BCUT2D eigenvalue weighted by molar-refractivity contribution is 5.78. The summed E-state index contributed by atoms with van der Waals surface area (Å²) in [6.07, 6.45) is 1.00. The molecule has 98 valence electrons. The minimum Gasteiger partial charge on any atom is -0.469 e. The number of hydrogen-bond donors (Lipinski definition) is 1. The summed E-state index contributed by atoms with van der Waals surface area (Å²) in [5.74, 6) is -0.454. The van der Waals surface area contributed by atoms with Gasteiger partial charge in [-0.05, 0) is 12.0 Å². The van der Waals surface area contributed by atoms with Crippen molar-refractivity contribution in [2.75, 3.05) is 26.9 Å². The van der Waals surface area contributed by atoms with Gasteiger partial charge in [-0.15, -0.1) is 0 Å². The molecule has 2 atom stereocenters. The lowest BCUT2D eigenvalue weighted by molar-refractivity contribution is -0.142. The third-order valence-electron chi connectivity index (χ3n) is 3.23. The summed E-state index contributed by atoms with van der Waals surface area (Å²) in [4.78, 5) is 11.8. The van der Waals surface area contributed by atoms with Crippen LogP contribution in [0.3, 0.4) is 0 Å². The summed E-state index contributed by atoms with van der Waals surface area (Å²) >= 11 is 0. The van der Waals surface area contributed by atoms with Gasteiger partial charge in [0.25, 0.3) is 0 Å². The molecule has 1 aromatic carbocycles. The third kappa shape index (κ3) is 3.31. The van der Waals surface area contributed by atoms with Crippen molar-refractivity contribution in [3.63, 3.8) is 0 Å². The predicted molar refractivity (Wildman–Crippen MR) is 68.4 cm³/mol. The largest absolute Gasteiger partial charge is 0.469 e. The quantitative estimate of drug-likeness (QED) is 0.800. The minimum atomic E-state index is -0.253. The average molecular weight is 249 g/mol. The molecule has 0 aliphatic carbocycles. The van der Waals surface area contributed by atoms with Gasteiger partial charge in [-0.3, -0.25) is 4.79 Å². The first-order valence-electron chi connectivity index (χ1n) is 6.25. The molecule has 4 nitrogen and oxygen atoms in total. The van der Waals surface area contributed by atoms with Gasteiger partial charge in [0.1, 0.15) is 0 Å². The lowest BCUT2D eigenvalue weighted by Gasteiger charge is -2.18. The van der Waals surface area contributed by atoms with Gasteiger partial charge >= 0.3 is 5.97 Å². The van der Waals surface area contributed by atoms with E-state index in [9.17, 15) is 4.79 Å². The second kappa shape index (κ2) is 6.52. The first-order chi connectivity index (χ1) is 8.81. The molecule has 1 N–H and O–H groups in total. The fourth-order valence-corrected chi connectivity index (χ4v) is 2.14. The van der Waals surface area contributed by atoms with Gasteiger partial charge in [-0.25, -0.2) is 0 Å². The number of methoxy groups -OCH3 is 1. The number of nitrogens with one attached hydrogen (secondary N) is 1. The Morgan fingerprint density at radius 1 is 1.50 bits per heavy atom. The molecule has 0 amide bonds. The molecule has 18 heavy (non-hydrogen) atoms. The molecule has 0 aromatic heterocycles. The van der Waals surface area contributed by atoms with E-state index in [0.717, 1.165) is 25.2 Å². The molecule has 1 aliphatic rings. The molecule has 0 spiro atoms. The Morgan fingerprint density at radius 3 is 2.89 bits per heavy atom. The van der Waals surface area contributed by atoms with Crippen molar-refractivity contribution in [3.05, 3.63) is 35.9 Å². The maximum atomic E-state index is 11.8. The molecule has 1 aliphatic heterocycles. The first kappa shape index (κ1) is 13.1. The SMILES string of the molecule is COC(=O)C(CNC1CCOC1)c1ccccc1. The molecule has 1 fully saturated rings. The van der Waals surface area contributed by atoms with Crippen molar-refractivity contribution >= 4 is 5.97 Å². The molecule has 2 rings (SSSR count). The Hall–Kier alpha value is -1.39. The van der Waals surface area contributed by atoms with Crippen LogP contribution in [-0.4, -0.2) is 38.9 Å². The molecule has 4 heteroatoms. The van der Waals surface area contributed by atoms with Crippen molar-refractivity contribution in [2.45, 2.75) is 18.4 Å². The van der Waals surface area contributed by atoms with Crippen LogP contribution < -0.4 is 5.32 Å². The number of rotatable bonds is 5. The van der Waals surface area contributed by atoms with E-state index in [1.807, 2.05) is 30.3 Å². The van der Waals surface area contributed by atoms with Gasteiger partial charge in [-0.2, -0.15) is 0 Å². The van der Waals surface area contributed by atoms with E-state index in [1.54, 1.807) is 0 Å². The summed E-state index contributed by atoms with van der Waals surface area (Å²) in [6.45, 7) is 2.11. The predicted octanol–water partition coefficient (Wildman–Crippen LogP) is 1.32. The fourth-order valence-electron chi connectivity index (χ4n) is 2.14. The molecule has 1 aromatic rings. The Labute approximate surface area is 107 Å². The molecule has 0 bridgehead atoms. The number of esters is 1. The Bertz CT molecular complexity index is 374. The van der Waals surface area contributed by atoms with Crippen LogP contribution in [-0.2, 0) is 14.3 Å². The maximum absolute atomic E-state index is 11.8. The van der Waals surface area contributed by atoms with Crippen molar-refractivity contribution < 1.29 is 14.3 Å². The Balaban J connectivity index is 1.99. The number of ether oxygens (including phenoxy) is 2. The zero-order valence-corrected chi connectivity index (χ0v) is 10.6. The summed E-state index contributed by atoms with van der Waals surface area (Å²) in [7, 11) is 1.43. The zero-order valence-electron chi connectivity index (χ0n) is 10.6. The van der Waals surface area contributed by atoms with E-state index in [4.69, 9.17) is 9.47 Å². The Kier molecular flexibility index (Phi) is 4.73. The fraction of sp³-hybridized carbons (Fsp3) is 0.500. The van der Waals surface area contributed by atoms with Crippen LogP contribution in [0, 0.1) is 0 Å². The van der Waals surface area contributed by atoms with E-state index >= 15 is 0 Å². The smallest absolute Gasteiger partial charge is 0.314 e. The van der Waals surface area contributed by atoms with E-state index in [0.29, 0.717) is 12.6 Å². The maximum Gasteiger partial charge on any atom is 0.314 e. The third-order valence-corrected chi connectivity index (χ3v) is 3.23. The van der Waals surface area contributed by atoms with E-state index in [2.05, 4.69) is 5.32 Å². The van der Waals surface area contributed by atoms with Gasteiger partial charge in [0.05, 0.1) is 19.6 Å². The van der Waals surface area contributed by atoms with Gasteiger partial charge in [0, 0.05) is 19.2 Å². The summed E-state index contributed by atoms with van der Waals surface area (Å²) in [5, 5.41) is 3.37. The number of carbonyl (C=O) groups excluding carboxylic acids is 1. The van der Waals surface area contributed by atoms with Gasteiger partial charge in [-0.1, -0.05) is 30.3 Å². The molecule has 0 saturated carbocycles. The van der Waals surface area contributed by atoms with Gasteiger partial charge in [0.15, 0.2) is 0 Å². The van der Waals surface area contributed by atoms with Crippen molar-refractivity contribution in [2.24, 2.45) is 0 Å². The van der Waals surface area contributed by atoms with E-state index in [1.165, 1.54) is 7.11 Å². The normalized spacial score (nSPS) is 20.6. The molecular weight excluding hydrogens is 230 g/mol. The molecule has 1 heterocycles. The topological polar surface area (TPSA) is 47.6 Å². The van der Waals surface area contributed by atoms with Crippen LogP contribution >= 0.6 is 0 Å². The lowest BCUT2D eigenvalue weighted by atomic mass is 9.99. The molecule has 0 radical (unpaired) electrons. The summed E-state index contributed by atoms with van der Waals surface area (Å²) in [5.41, 5.74) is 0.982. The number of benzene rings is 1. The van der Waals surface area contributed by atoms with Crippen LogP contribution in [0.15, 0.2) is 30.3 Å². The molecule has 1 saturated heterocycles. The summed E-state index contributed by atoms with van der Waals surface area (Å²) in [6, 6.07) is 10.1. The zero-order chi connectivity index (χ0) is 12.8. The monoisotopic (exact) mass is 249 g/mol. The average Bonchev–Trinajstić information content (AvgIpc) is 2.93. The van der Waals surface area contributed by atoms with Crippen LogP contribution in [0.2, 0.25) is 0 Å². The first-order valence-corrected chi connectivity index (χ1v) is 6.25. The molecular formula is C14H19NO3. The van der Waals surface area contributed by atoms with Crippen LogP contribution in [0.4, 0.5) is 0 Å². The van der Waals surface area contributed by atoms with E-state index in [-0.39, 0.29) is 11.9 Å². The van der Waals surface area contributed by atoms with Crippen LogP contribution in [0.25, 0.3) is 0 Å². The minimum absolute atomic E-state index is 0.201. The summed E-state index contributed by atoms with van der Waals surface area (Å²) < 4.78 is 10.2. The Morgan fingerprint density at radius 2 is 2.28 bits per heavy atom. The van der Waals surface area contributed by atoms with Crippen LogP contribution in [0.1, 0.15) is 17.9 Å². The highest BCUT2D eigenvalue weighted by Crippen LogP contribution is 2.17. The van der Waals surface area contributed by atoms with Gasteiger partial charge in [0.2, 0.25) is 0 Å². The van der Waals surface area contributed by atoms with Gasteiger partial charge < -0.3 is 14.8 Å². The van der Waals surface area contributed by atoms with Crippen molar-refractivity contribution in [1.29, 1.82) is 0 Å². The second-order valence-corrected chi connectivity index (χ2v) is 4.46.